The smallest absolute Gasteiger partial charge is 0.416 e. The third-order valence-electron chi connectivity index (χ3n) is 3.33. The van der Waals surface area contributed by atoms with Gasteiger partial charge in [-0.05, 0) is 38.5 Å². The van der Waals surface area contributed by atoms with Gasteiger partial charge in [0.2, 0.25) is 5.91 Å². The van der Waals surface area contributed by atoms with Gasteiger partial charge < -0.3 is 20.1 Å². The number of carbonyl (C=O) groups is 3. The van der Waals surface area contributed by atoms with Crippen molar-refractivity contribution in [2.75, 3.05) is 13.7 Å². The first-order valence-electron chi connectivity index (χ1n) is 8.34. The molecule has 0 aliphatic carbocycles. The van der Waals surface area contributed by atoms with Crippen LogP contribution in [0.5, 0.6) is 0 Å². The van der Waals surface area contributed by atoms with Gasteiger partial charge >= 0.3 is 18.2 Å². The minimum absolute atomic E-state index is 0.0868. The van der Waals surface area contributed by atoms with Crippen molar-refractivity contribution in [3.63, 3.8) is 0 Å². The van der Waals surface area contributed by atoms with Gasteiger partial charge in [-0.3, -0.25) is 9.59 Å². The number of benzene rings is 1. The number of alkyl halides is 3. The third-order valence-corrected chi connectivity index (χ3v) is 3.33. The first-order chi connectivity index (χ1) is 12.8. The van der Waals surface area contributed by atoms with E-state index in [9.17, 15) is 27.6 Å². The van der Waals surface area contributed by atoms with E-state index in [0.717, 1.165) is 18.2 Å². The largest absolute Gasteiger partial charge is 0.469 e. The zero-order valence-electron chi connectivity index (χ0n) is 16.0. The van der Waals surface area contributed by atoms with E-state index in [1.807, 2.05) is 0 Å². The summed E-state index contributed by atoms with van der Waals surface area (Å²) in [5.74, 6) is -1.37. The van der Waals surface area contributed by atoms with E-state index in [1.54, 1.807) is 20.8 Å². The van der Waals surface area contributed by atoms with E-state index in [1.165, 1.54) is 13.2 Å². The number of amides is 2. The number of ether oxygens (including phenoxy) is 2. The molecule has 0 heterocycles. The molecule has 28 heavy (non-hydrogen) atoms. The molecule has 0 fully saturated rings. The summed E-state index contributed by atoms with van der Waals surface area (Å²) in [6.45, 7) is 4.68. The molecular weight excluding hydrogens is 381 g/mol. The number of halogens is 3. The maximum Gasteiger partial charge on any atom is 0.416 e. The lowest BCUT2D eigenvalue weighted by atomic mass is 10.0. The molecule has 0 aromatic heterocycles. The van der Waals surface area contributed by atoms with Crippen LogP contribution in [0.25, 0.3) is 0 Å². The Morgan fingerprint density at radius 1 is 1.14 bits per heavy atom. The molecular formula is C18H23F3N2O5. The lowest BCUT2D eigenvalue weighted by Gasteiger charge is -2.24. The second kappa shape index (κ2) is 9.43. The zero-order chi connectivity index (χ0) is 21.5. The van der Waals surface area contributed by atoms with Crippen LogP contribution < -0.4 is 10.6 Å². The van der Waals surface area contributed by atoms with Gasteiger partial charge in [-0.25, -0.2) is 4.79 Å². The van der Waals surface area contributed by atoms with Crippen molar-refractivity contribution in [1.82, 2.24) is 10.6 Å². The molecule has 1 atom stereocenters. The molecule has 156 valence electrons. The van der Waals surface area contributed by atoms with Crippen LogP contribution in [-0.2, 0) is 25.2 Å². The molecule has 0 aliphatic heterocycles. The quantitative estimate of drug-likeness (QED) is 0.711. The van der Waals surface area contributed by atoms with Crippen LogP contribution in [0.2, 0.25) is 0 Å². The average molecular weight is 404 g/mol. The predicted octanol–water partition coefficient (Wildman–Crippen LogP) is 2.95. The van der Waals surface area contributed by atoms with Gasteiger partial charge in [0.25, 0.3) is 0 Å². The monoisotopic (exact) mass is 404 g/mol. The van der Waals surface area contributed by atoms with Crippen molar-refractivity contribution >= 4 is 18.0 Å². The Hall–Kier alpha value is -2.78. The topological polar surface area (TPSA) is 93.7 Å². The van der Waals surface area contributed by atoms with Gasteiger partial charge in [0.15, 0.2) is 0 Å². The van der Waals surface area contributed by atoms with Gasteiger partial charge in [-0.1, -0.05) is 12.1 Å². The molecule has 1 rings (SSSR count). The summed E-state index contributed by atoms with van der Waals surface area (Å²) in [5.41, 5.74) is -1.93. The van der Waals surface area contributed by atoms with E-state index in [0.29, 0.717) is 0 Å². The number of esters is 1. The summed E-state index contributed by atoms with van der Waals surface area (Å²) in [6, 6.07) is 2.57. The standard InChI is InChI=1S/C18H23F3N2O5/c1-17(2,3)28-16(26)23-14(15(25)22-9-8-13(24)27-4)11-6-5-7-12(10-11)18(19,20)21/h5-7,10,14H,8-9H2,1-4H3,(H,22,25)(H,23,26). The highest BCUT2D eigenvalue weighted by molar-refractivity contribution is 5.87. The Bertz CT molecular complexity index is 714. The lowest BCUT2D eigenvalue weighted by Crippen LogP contribution is -2.43. The van der Waals surface area contributed by atoms with Crippen LogP contribution in [-0.4, -0.2) is 37.2 Å². The van der Waals surface area contributed by atoms with E-state index in [4.69, 9.17) is 4.74 Å². The van der Waals surface area contributed by atoms with Crippen molar-refractivity contribution in [2.24, 2.45) is 0 Å². The van der Waals surface area contributed by atoms with E-state index >= 15 is 0 Å². The lowest BCUT2D eigenvalue weighted by molar-refractivity contribution is -0.140. The number of hydrogen-bond donors (Lipinski definition) is 2. The number of alkyl carbamates (subject to hydrolysis) is 1. The van der Waals surface area contributed by atoms with Gasteiger partial charge in [0, 0.05) is 6.54 Å². The van der Waals surface area contributed by atoms with Crippen LogP contribution in [0.15, 0.2) is 24.3 Å². The molecule has 7 nitrogen and oxygen atoms in total. The van der Waals surface area contributed by atoms with Gasteiger partial charge in [-0.2, -0.15) is 13.2 Å². The Balaban J connectivity index is 3.05. The molecule has 0 radical (unpaired) electrons. The van der Waals surface area contributed by atoms with Crippen molar-refractivity contribution in [2.45, 2.75) is 45.0 Å². The van der Waals surface area contributed by atoms with E-state index in [-0.39, 0.29) is 18.5 Å². The highest BCUT2D eigenvalue weighted by atomic mass is 19.4. The minimum Gasteiger partial charge on any atom is -0.469 e. The average Bonchev–Trinajstić information content (AvgIpc) is 2.57. The van der Waals surface area contributed by atoms with Gasteiger partial charge in [-0.15, -0.1) is 0 Å². The SMILES string of the molecule is COC(=O)CCNC(=O)C(NC(=O)OC(C)(C)C)c1cccc(C(F)(F)F)c1. The molecule has 0 bridgehead atoms. The van der Waals surface area contributed by atoms with Crippen molar-refractivity contribution < 1.29 is 37.0 Å². The molecule has 0 saturated heterocycles. The molecule has 1 aromatic carbocycles. The summed E-state index contributed by atoms with van der Waals surface area (Å²) in [5, 5.41) is 4.65. The third kappa shape index (κ3) is 7.85. The van der Waals surface area contributed by atoms with Crippen molar-refractivity contribution in [3.05, 3.63) is 35.4 Å². The first-order valence-corrected chi connectivity index (χ1v) is 8.34. The fraction of sp³-hybridized carbons (Fsp3) is 0.500. The van der Waals surface area contributed by atoms with Crippen LogP contribution >= 0.6 is 0 Å². The molecule has 2 N–H and O–H groups in total. The summed E-state index contributed by atoms with van der Waals surface area (Å²) in [4.78, 5) is 35.6. The van der Waals surface area contributed by atoms with Crippen LogP contribution in [0.4, 0.5) is 18.0 Å². The predicted molar refractivity (Wildman–Crippen MR) is 93.2 cm³/mol. The molecule has 0 saturated carbocycles. The van der Waals surface area contributed by atoms with E-state index < -0.39 is 41.4 Å². The minimum atomic E-state index is -4.62. The fourth-order valence-corrected chi connectivity index (χ4v) is 2.11. The Labute approximate surface area is 160 Å². The van der Waals surface area contributed by atoms with Crippen LogP contribution in [0.3, 0.4) is 0 Å². The summed E-state index contributed by atoms with van der Waals surface area (Å²) in [7, 11) is 1.18. The molecule has 1 unspecified atom stereocenters. The number of hydrogen-bond acceptors (Lipinski definition) is 5. The Morgan fingerprint density at radius 2 is 1.79 bits per heavy atom. The maximum absolute atomic E-state index is 13.0. The maximum atomic E-state index is 13.0. The normalized spacial score (nSPS) is 12.7. The van der Waals surface area contributed by atoms with Gasteiger partial charge in [0.1, 0.15) is 11.6 Å². The van der Waals surface area contributed by atoms with Crippen LogP contribution in [0, 0.1) is 0 Å². The highest BCUT2D eigenvalue weighted by Gasteiger charge is 2.32. The number of methoxy groups -OCH3 is 1. The molecule has 0 aliphatic rings. The molecule has 1 aromatic rings. The molecule has 10 heteroatoms. The Kier molecular flexibility index (Phi) is 7.83. The van der Waals surface area contributed by atoms with Crippen LogP contribution in [0.1, 0.15) is 44.4 Å². The Morgan fingerprint density at radius 3 is 2.32 bits per heavy atom. The van der Waals surface area contributed by atoms with Gasteiger partial charge in [0.05, 0.1) is 19.1 Å². The fourth-order valence-electron chi connectivity index (χ4n) is 2.11. The first kappa shape index (κ1) is 23.3. The number of nitrogens with one attached hydrogen (secondary N) is 2. The second-order valence-corrected chi connectivity index (χ2v) is 6.82. The van der Waals surface area contributed by atoms with E-state index in [2.05, 4.69) is 15.4 Å². The van der Waals surface area contributed by atoms with Crippen molar-refractivity contribution in [1.29, 1.82) is 0 Å². The zero-order valence-corrected chi connectivity index (χ0v) is 16.0. The molecule has 0 spiro atoms. The number of carbonyl (C=O) groups excluding carboxylic acids is 3. The summed E-state index contributed by atoms with van der Waals surface area (Å²) < 4.78 is 48.5. The van der Waals surface area contributed by atoms with Crippen molar-refractivity contribution in [3.8, 4) is 0 Å². The summed E-state index contributed by atoms with van der Waals surface area (Å²) >= 11 is 0. The molecule has 2 amide bonds. The summed E-state index contributed by atoms with van der Waals surface area (Å²) in [6.07, 6.45) is -5.73. The highest BCUT2D eigenvalue weighted by Crippen LogP contribution is 2.31. The number of rotatable bonds is 6. The second-order valence-electron chi connectivity index (χ2n) is 6.82.